The minimum absolute atomic E-state index is 0.0543. The molecule has 4 unspecified atom stereocenters. The lowest BCUT2D eigenvalue weighted by Crippen LogP contribution is -2.57. The number of rotatable bonds is 8. The highest BCUT2D eigenvalue weighted by atomic mass is 19.4. The van der Waals surface area contributed by atoms with E-state index < -0.39 is 46.7 Å². The second kappa shape index (κ2) is 13.2. The summed E-state index contributed by atoms with van der Waals surface area (Å²) in [5.41, 5.74) is -3.41. The number of carboxylic acid groups (broad SMARTS) is 1. The Balaban J connectivity index is 1.24. The molecule has 52 heavy (non-hydrogen) atoms. The zero-order valence-corrected chi connectivity index (χ0v) is 29.6. The molecule has 2 N–H and O–H groups in total. The van der Waals surface area contributed by atoms with Crippen LogP contribution >= 0.6 is 0 Å². The van der Waals surface area contributed by atoms with Crippen LogP contribution in [-0.2, 0) is 15.7 Å². The molecule has 9 nitrogen and oxygen atoms in total. The first-order valence-corrected chi connectivity index (χ1v) is 18.2. The third kappa shape index (κ3) is 6.87. The van der Waals surface area contributed by atoms with E-state index in [4.69, 9.17) is 9.47 Å². The number of fused-ring (bicyclic) bond motifs is 3. The normalized spacial score (nSPS) is 30.7. The van der Waals surface area contributed by atoms with Crippen LogP contribution < -0.4 is 10.1 Å². The van der Waals surface area contributed by atoms with Crippen molar-refractivity contribution in [2.45, 2.75) is 126 Å². The lowest BCUT2D eigenvalue weighted by Gasteiger charge is -2.36. The number of aliphatic carboxylic acids is 1. The van der Waals surface area contributed by atoms with Crippen LogP contribution in [0.1, 0.15) is 113 Å². The second-order valence-electron chi connectivity index (χ2n) is 16.0. The van der Waals surface area contributed by atoms with Crippen LogP contribution in [-0.4, -0.2) is 61.8 Å². The fourth-order valence-corrected chi connectivity index (χ4v) is 9.37. The number of nitrogens with zero attached hydrogens (tertiary/aromatic N) is 3. The zero-order valence-electron chi connectivity index (χ0n) is 29.6. The lowest BCUT2D eigenvalue weighted by atomic mass is 9.78. The van der Waals surface area contributed by atoms with Crippen molar-refractivity contribution < 1.29 is 46.1 Å². The van der Waals surface area contributed by atoms with Gasteiger partial charge >= 0.3 is 12.1 Å². The van der Waals surface area contributed by atoms with Crippen LogP contribution in [0.4, 0.5) is 22.0 Å². The van der Waals surface area contributed by atoms with E-state index in [1.807, 2.05) is 11.5 Å². The Morgan fingerprint density at radius 3 is 2.40 bits per heavy atom. The summed E-state index contributed by atoms with van der Waals surface area (Å²) in [5, 5.41) is 13.3. The van der Waals surface area contributed by atoms with Crippen LogP contribution in [0.5, 0.6) is 5.75 Å². The van der Waals surface area contributed by atoms with Crippen LogP contribution in [0.25, 0.3) is 22.3 Å². The first-order chi connectivity index (χ1) is 24.5. The zero-order chi connectivity index (χ0) is 37.2. The first-order valence-electron chi connectivity index (χ1n) is 18.2. The molecule has 4 fully saturated rings. The summed E-state index contributed by atoms with van der Waals surface area (Å²) < 4.78 is 86.2. The summed E-state index contributed by atoms with van der Waals surface area (Å²) in [4.78, 5) is 34.3. The van der Waals surface area contributed by atoms with Gasteiger partial charge in [0.05, 0.1) is 22.8 Å². The molecule has 2 aromatic heterocycles. The number of ether oxygens (including phenoxy) is 2. The Labute approximate surface area is 298 Å². The Kier molecular flexibility index (Phi) is 9.31. The number of nitrogens with one attached hydrogen (secondary N) is 1. The molecule has 1 aromatic carbocycles. The maximum absolute atomic E-state index is 14.7. The van der Waals surface area contributed by atoms with Crippen molar-refractivity contribution in [1.82, 2.24) is 19.9 Å². The van der Waals surface area contributed by atoms with Gasteiger partial charge in [-0.25, -0.2) is 23.5 Å². The molecule has 14 heteroatoms. The summed E-state index contributed by atoms with van der Waals surface area (Å²) in [7, 11) is 1.70. The van der Waals surface area contributed by atoms with Crippen molar-refractivity contribution in [2.75, 3.05) is 7.11 Å². The molecule has 4 aliphatic rings. The van der Waals surface area contributed by atoms with E-state index in [9.17, 15) is 36.6 Å². The standard InChI is InChI=1S/C38H45F5N4O5/c1-21-14-22-16-23(15-21)37(18-22,34(49)50)46-33(48)28-19-44-32(45-31(28)38(41,42)43)29-20-47(24-6-12-36(39,40)13-7-24)30-17-26(4-5-27(29)30)52-25-8-10-35(2,51-3)11-9-25/h4-5,17,19-25H,6-16,18H2,1-3H3,(H,46,48)(H,49,50). The number of hydrogen-bond donors (Lipinski definition) is 2. The Morgan fingerprint density at radius 2 is 1.75 bits per heavy atom. The molecular weight excluding hydrogens is 687 g/mol. The third-order valence-corrected chi connectivity index (χ3v) is 12.3. The van der Waals surface area contributed by atoms with Gasteiger partial charge < -0.3 is 24.5 Å². The predicted molar refractivity (Wildman–Crippen MR) is 181 cm³/mol. The predicted octanol–water partition coefficient (Wildman–Crippen LogP) is 8.60. The Hall–Kier alpha value is -3.81. The van der Waals surface area contributed by atoms with Crippen molar-refractivity contribution >= 4 is 22.8 Å². The lowest BCUT2D eigenvalue weighted by molar-refractivity contribution is -0.146. The van der Waals surface area contributed by atoms with Crippen molar-refractivity contribution in [3.8, 4) is 17.1 Å². The number of benzene rings is 1. The fourth-order valence-electron chi connectivity index (χ4n) is 9.37. The molecule has 3 aromatic rings. The number of carboxylic acids is 1. The van der Waals surface area contributed by atoms with Crippen LogP contribution in [0, 0.1) is 17.8 Å². The molecule has 7 rings (SSSR count). The topological polar surface area (TPSA) is 116 Å². The van der Waals surface area contributed by atoms with Gasteiger partial charge in [0, 0.05) is 55.4 Å². The van der Waals surface area contributed by atoms with E-state index in [1.165, 1.54) is 0 Å². The highest BCUT2D eigenvalue weighted by Crippen LogP contribution is 2.51. The highest BCUT2D eigenvalue weighted by Gasteiger charge is 2.56. The molecule has 4 saturated carbocycles. The SMILES string of the molecule is COC1(C)CCC(Oc2ccc3c(-c4ncc(C(=O)NC5(C(=O)O)CC6CC(C)CC5C6)c(C(F)(F)F)n4)cn(C4CCC(F)(F)CC4)c3c2)CC1. The maximum atomic E-state index is 14.7. The molecule has 0 saturated heterocycles. The van der Waals surface area contributed by atoms with E-state index in [2.05, 4.69) is 22.2 Å². The van der Waals surface area contributed by atoms with E-state index >= 15 is 0 Å². The average molecular weight is 733 g/mol. The molecule has 2 bridgehead atoms. The van der Waals surface area contributed by atoms with Crippen LogP contribution in [0.2, 0.25) is 0 Å². The van der Waals surface area contributed by atoms with E-state index in [1.54, 1.807) is 31.5 Å². The summed E-state index contributed by atoms with van der Waals surface area (Å²) in [6, 6.07) is 4.87. The second-order valence-corrected chi connectivity index (χ2v) is 16.0. The van der Waals surface area contributed by atoms with Crippen molar-refractivity contribution in [1.29, 1.82) is 0 Å². The number of carbonyl (C=O) groups is 2. The van der Waals surface area contributed by atoms with E-state index in [0.29, 0.717) is 29.5 Å². The molecule has 282 valence electrons. The minimum atomic E-state index is -5.08. The number of hydrogen-bond acceptors (Lipinski definition) is 6. The minimum Gasteiger partial charge on any atom is -0.490 e. The van der Waals surface area contributed by atoms with Gasteiger partial charge in [-0.15, -0.1) is 0 Å². The molecule has 0 radical (unpaired) electrons. The molecule has 0 spiro atoms. The van der Waals surface area contributed by atoms with Gasteiger partial charge in [-0.2, -0.15) is 13.2 Å². The smallest absolute Gasteiger partial charge is 0.434 e. The largest absolute Gasteiger partial charge is 0.490 e. The van der Waals surface area contributed by atoms with Gasteiger partial charge in [0.25, 0.3) is 5.91 Å². The quantitative estimate of drug-likeness (QED) is 0.223. The molecule has 0 aliphatic heterocycles. The summed E-state index contributed by atoms with van der Waals surface area (Å²) >= 11 is 0. The van der Waals surface area contributed by atoms with Gasteiger partial charge in [0.2, 0.25) is 5.92 Å². The van der Waals surface area contributed by atoms with Gasteiger partial charge in [-0.1, -0.05) is 6.92 Å². The van der Waals surface area contributed by atoms with E-state index in [-0.39, 0.29) is 73.1 Å². The monoisotopic (exact) mass is 732 g/mol. The van der Waals surface area contributed by atoms with Crippen LogP contribution in [0.3, 0.4) is 0 Å². The summed E-state index contributed by atoms with van der Waals surface area (Å²) in [6.45, 7) is 4.07. The van der Waals surface area contributed by atoms with Crippen molar-refractivity contribution in [3.05, 3.63) is 41.9 Å². The van der Waals surface area contributed by atoms with Gasteiger partial charge in [-0.3, -0.25) is 4.79 Å². The number of aromatic nitrogens is 3. The molecule has 4 atom stereocenters. The number of methoxy groups -OCH3 is 1. The average Bonchev–Trinajstić information content (AvgIpc) is 3.59. The fraction of sp³-hybridized carbons (Fsp3) is 0.632. The van der Waals surface area contributed by atoms with Gasteiger partial charge in [-0.05, 0) is 101 Å². The van der Waals surface area contributed by atoms with Gasteiger partial charge in [0.15, 0.2) is 11.5 Å². The number of halogens is 5. The third-order valence-electron chi connectivity index (χ3n) is 12.3. The maximum Gasteiger partial charge on any atom is 0.434 e. The van der Waals surface area contributed by atoms with E-state index in [0.717, 1.165) is 38.3 Å². The van der Waals surface area contributed by atoms with Crippen LogP contribution in [0.15, 0.2) is 30.6 Å². The number of alkyl halides is 5. The van der Waals surface area contributed by atoms with Crippen molar-refractivity contribution in [3.63, 3.8) is 0 Å². The Bertz CT molecular complexity index is 1840. The van der Waals surface area contributed by atoms with Crippen molar-refractivity contribution in [2.24, 2.45) is 17.8 Å². The summed E-state index contributed by atoms with van der Waals surface area (Å²) in [6.07, 6.45) is 2.21. The van der Waals surface area contributed by atoms with Gasteiger partial charge in [0.1, 0.15) is 11.3 Å². The summed E-state index contributed by atoms with van der Waals surface area (Å²) in [5.74, 6) is -5.10. The molecule has 4 aliphatic carbocycles. The molecular formula is C38H45F5N4O5. The first kappa shape index (κ1) is 36.5. The Morgan fingerprint density at radius 1 is 1.04 bits per heavy atom. The number of amides is 1. The molecule has 1 amide bonds. The number of carbonyl (C=O) groups excluding carboxylic acids is 1. The highest BCUT2D eigenvalue weighted by molar-refractivity contribution is 6.00. The molecule has 2 heterocycles.